The molecule has 1 amide bonds. The first kappa shape index (κ1) is 24.7. The Bertz CT molecular complexity index is 1350. The van der Waals surface area contributed by atoms with Crippen LogP contribution in [0.2, 0.25) is 0 Å². The van der Waals surface area contributed by atoms with Crippen molar-refractivity contribution in [2.45, 2.75) is 38.6 Å². The number of amides is 1. The van der Waals surface area contributed by atoms with Gasteiger partial charge in [-0.25, -0.2) is 8.42 Å². The van der Waals surface area contributed by atoms with Crippen LogP contribution >= 0.6 is 11.3 Å². The number of hydrogen-bond acceptors (Lipinski definition) is 7. The summed E-state index contributed by atoms with van der Waals surface area (Å²) in [7, 11) is -2.16. The molecular weight excluding hydrogens is 464 g/mol. The Morgan fingerprint density at radius 3 is 2.39 bits per heavy atom. The van der Waals surface area contributed by atoms with Crippen molar-refractivity contribution in [3.63, 3.8) is 0 Å². The largest absolute Gasteiger partial charge is 0.497 e. The molecule has 0 aliphatic carbocycles. The van der Waals surface area contributed by atoms with Gasteiger partial charge in [0, 0.05) is 6.42 Å². The van der Waals surface area contributed by atoms with E-state index in [0.717, 1.165) is 21.3 Å². The molecule has 0 aliphatic heterocycles. The van der Waals surface area contributed by atoms with E-state index in [-0.39, 0.29) is 30.2 Å². The number of rotatable bonds is 8. The molecule has 3 rings (SSSR count). The summed E-state index contributed by atoms with van der Waals surface area (Å²) in [4.78, 5) is 29.3. The third-order valence-corrected chi connectivity index (χ3v) is 7.89. The van der Waals surface area contributed by atoms with E-state index in [1.807, 2.05) is 26.0 Å². The van der Waals surface area contributed by atoms with E-state index in [1.54, 1.807) is 23.6 Å². The Labute approximate surface area is 196 Å². The first-order valence-electron chi connectivity index (χ1n) is 10.3. The van der Waals surface area contributed by atoms with E-state index in [2.05, 4.69) is 4.99 Å². The fourth-order valence-corrected chi connectivity index (χ4v) is 5.54. The van der Waals surface area contributed by atoms with E-state index in [4.69, 9.17) is 9.47 Å². The van der Waals surface area contributed by atoms with E-state index in [1.165, 1.54) is 30.6 Å². The second-order valence-corrected chi connectivity index (χ2v) is 10.5. The van der Waals surface area contributed by atoms with E-state index >= 15 is 0 Å². The first-order valence-corrected chi connectivity index (χ1v) is 12.8. The van der Waals surface area contributed by atoms with Crippen LogP contribution in [0.5, 0.6) is 5.75 Å². The molecule has 0 radical (unpaired) electrons. The number of ether oxygens (including phenoxy) is 2. The molecule has 0 aliphatic rings. The van der Waals surface area contributed by atoms with Gasteiger partial charge in [-0.15, -0.1) is 0 Å². The zero-order chi connectivity index (χ0) is 24.2. The maximum atomic E-state index is 12.6. The standard InChI is InChI=1S/C23H26N2O6S2/c1-5-31-22(27)14-25-19-12-15(2)16(3)13-20(19)32-23(25)24-21(26)10-11-33(28,29)18-8-6-17(30-4)7-9-18/h6-9,12-13H,5,10-11,14H2,1-4H3. The van der Waals surface area contributed by atoms with E-state index in [0.29, 0.717) is 10.6 Å². The van der Waals surface area contributed by atoms with Crippen molar-refractivity contribution in [2.75, 3.05) is 19.5 Å². The summed E-state index contributed by atoms with van der Waals surface area (Å²) in [5, 5.41) is 0. The van der Waals surface area contributed by atoms with E-state index < -0.39 is 21.7 Å². The number of benzene rings is 2. The Morgan fingerprint density at radius 2 is 1.76 bits per heavy atom. The lowest BCUT2D eigenvalue weighted by Crippen LogP contribution is -2.23. The van der Waals surface area contributed by atoms with E-state index in [9.17, 15) is 18.0 Å². The van der Waals surface area contributed by atoms with Gasteiger partial charge in [-0.2, -0.15) is 4.99 Å². The number of aryl methyl sites for hydroxylation is 2. The maximum Gasteiger partial charge on any atom is 0.326 e. The first-order chi connectivity index (χ1) is 15.6. The van der Waals surface area contributed by atoms with Gasteiger partial charge in [-0.05, 0) is 68.3 Å². The summed E-state index contributed by atoms with van der Waals surface area (Å²) >= 11 is 1.27. The smallest absolute Gasteiger partial charge is 0.326 e. The maximum absolute atomic E-state index is 12.6. The molecule has 10 heteroatoms. The van der Waals surface area contributed by atoms with Crippen molar-refractivity contribution in [2.24, 2.45) is 4.99 Å². The summed E-state index contributed by atoms with van der Waals surface area (Å²) in [6.45, 7) is 5.82. The van der Waals surface area contributed by atoms with Gasteiger partial charge in [0.2, 0.25) is 5.91 Å². The van der Waals surface area contributed by atoms with Crippen LogP contribution in [0.25, 0.3) is 10.2 Å². The summed E-state index contributed by atoms with van der Waals surface area (Å²) in [5.41, 5.74) is 2.89. The molecule has 33 heavy (non-hydrogen) atoms. The van der Waals surface area contributed by atoms with Gasteiger partial charge in [-0.3, -0.25) is 9.59 Å². The van der Waals surface area contributed by atoms with Crippen molar-refractivity contribution in [1.29, 1.82) is 0 Å². The Balaban J connectivity index is 1.89. The molecule has 3 aromatic rings. The second kappa shape index (κ2) is 10.3. The minimum absolute atomic E-state index is 0.0907. The zero-order valence-electron chi connectivity index (χ0n) is 19.0. The van der Waals surface area contributed by atoms with Crippen LogP contribution < -0.4 is 9.54 Å². The lowest BCUT2D eigenvalue weighted by Gasteiger charge is -2.07. The molecular formula is C23H26N2O6S2. The topological polar surface area (TPSA) is 104 Å². The van der Waals surface area contributed by atoms with Crippen LogP contribution in [0.3, 0.4) is 0 Å². The molecule has 8 nitrogen and oxygen atoms in total. The average Bonchev–Trinajstić information content (AvgIpc) is 3.08. The fraction of sp³-hybridized carbons (Fsp3) is 0.348. The zero-order valence-corrected chi connectivity index (χ0v) is 20.6. The van der Waals surface area contributed by atoms with Crippen molar-refractivity contribution in [3.8, 4) is 5.75 Å². The second-order valence-electron chi connectivity index (χ2n) is 7.43. The molecule has 0 atom stereocenters. The number of carbonyl (C=O) groups is 2. The van der Waals surface area contributed by atoms with Crippen molar-refractivity contribution >= 4 is 43.3 Å². The predicted molar refractivity (Wildman–Crippen MR) is 126 cm³/mol. The number of nitrogens with zero attached hydrogens (tertiary/aromatic N) is 2. The quantitative estimate of drug-likeness (QED) is 0.449. The number of sulfone groups is 1. The molecule has 0 fully saturated rings. The van der Waals surface area contributed by atoms with Crippen LogP contribution in [-0.2, 0) is 30.7 Å². The van der Waals surface area contributed by atoms with Crippen molar-refractivity contribution in [1.82, 2.24) is 4.57 Å². The molecule has 1 heterocycles. The Morgan fingerprint density at radius 1 is 1.09 bits per heavy atom. The number of carbonyl (C=O) groups excluding carboxylic acids is 2. The van der Waals surface area contributed by atoms with Gasteiger partial charge >= 0.3 is 5.97 Å². The summed E-state index contributed by atoms with van der Waals surface area (Å²) in [6.07, 6.45) is -0.278. The molecule has 2 aromatic carbocycles. The normalized spacial score (nSPS) is 12.2. The average molecular weight is 491 g/mol. The Kier molecular flexibility index (Phi) is 7.70. The highest BCUT2D eigenvalue weighted by Gasteiger charge is 2.18. The molecule has 0 saturated carbocycles. The van der Waals surface area contributed by atoms with Crippen LogP contribution in [0.1, 0.15) is 24.5 Å². The predicted octanol–water partition coefficient (Wildman–Crippen LogP) is 3.18. The van der Waals surface area contributed by atoms with Gasteiger partial charge in [-0.1, -0.05) is 11.3 Å². The molecule has 176 valence electrons. The molecule has 0 N–H and O–H groups in total. The SMILES string of the molecule is CCOC(=O)Cn1c(=NC(=O)CCS(=O)(=O)c2ccc(OC)cc2)sc2cc(C)c(C)cc21. The highest BCUT2D eigenvalue weighted by atomic mass is 32.2. The number of thiazole rings is 1. The van der Waals surface area contributed by atoms with Gasteiger partial charge in [0.1, 0.15) is 12.3 Å². The number of methoxy groups -OCH3 is 1. The van der Waals surface area contributed by atoms with Gasteiger partial charge in [0.25, 0.3) is 0 Å². The third kappa shape index (κ3) is 5.88. The molecule has 1 aromatic heterocycles. The summed E-state index contributed by atoms with van der Waals surface area (Å²) < 4.78 is 37.8. The number of esters is 1. The number of hydrogen-bond donors (Lipinski definition) is 0. The number of fused-ring (bicyclic) bond motifs is 1. The summed E-state index contributed by atoms with van der Waals surface area (Å²) in [5.74, 6) is -0.847. The van der Waals surface area contributed by atoms with Crippen LogP contribution in [0, 0.1) is 13.8 Å². The minimum atomic E-state index is -3.66. The van der Waals surface area contributed by atoms with Crippen LogP contribution in [0.4, 0.5) is 0 Å². The van der Waals surface area contributed by atoms with Crippen molar-refractivity contribution < 1.29 is 27.5 Å². The lowest BCUT2D eigenvalue weighted by atomic mass is 10.1. The molecule has 0 unspecified atom stereocenters. The molecule has 0 spiro atoms. The molecule has 0 bridgehead atoms. The molecule has 0 saturated heterocycles. The number of aromatic nitrogens is 1. The minimum Gasteiger partial charge on any atom is -0.497 e. The fourth-order valence-electron chi connectivity index (χ4n) is 3.18. The van der Waals surface area contributed by atoms with Crippen LogP contribution in [-0.4, -0.2) is 44.3 Å². The van der Waals surface area contributed by atoms with Crippen LogP contribution in [0.15, 0.2) is 46.3 Å². The lowest BCUT2D eigenvalue weighted by molar-refractivity contribution is -0.143. The third-order valence-electron chi connectivity index (χ3n) is 5.11. The highest BCUT2D eigenvalue weighted by molar-refractivity contribution is 7.91. The van der Waals surface area contributed by atoms with Gasteiger partial charge in [0.05, 0.1) is 34.6 Å². The Hall–Kier alpha value is -2.98. The summed E-state index contributed by atoms with van der Waals surface area (Å²) in [6, 6.07) is 9.92. The van der Waals surface area contributed by atoms with Gasteiger partial charge < -0.3 is 14.0 Å². The van der Waals surface area contributed by atoms with Gasteiger partial charge in [0.15, 0.2) is 14.6 Å². The highest BCUT2D eigenvalue weighted by Crippen LogP contribution is 2.22. The monoisotopic (exact) mass is 490 g/mol. The van der Waals surface area contributed by atoms with Crippen molar-refractivity contribution in [3.05, 3.63) is 52.3 Å².